The van der Waals surface area contributed by atoms with Gasteiger partial charge in [0.15, 0.2) is 10.3 Å². The van der Waals surface area contributed by atoms with Crippen molar-refractivity contribution in [3.05, 3.63) is 40.4 Å². The van der Waals surface area contributed by atoms with Gasteiger partial charge in [-0.05, 0) is 18.2 Å². The van der Waals surface area contributed by atoms with Gasteiger partial charge in [-0.25, -0.2) is 9.97 Å². The number of halogens is 2. The molecule has 3 N–H and O–H groups in total. The summed E-state index contributed by atoms with van der Waals surface area (Å²) in [7, 11) is 1.46. The van der Waals surface area contributed by atoms with Crippen molar-refractivity contribution in [3.8, 4) is 5.75 Å². The van der Waals surface area contributed by atoms with Gasteiger partial charge in [-0.2, -0.15) is 0 Å². The molecule has 0 radical (unpaired) electrons. The number of anilines is 2. The van der Waals surface area contributed by atoms with Crippen molar-refractivity contribution in [3.63, 3.8) is 0 Å². The molecule has 0 unspecified atom stereocenters. The van der Waals surface area contributed by atoms with Crippen LogP contribution in [0.3, 0.4) is 0 Å². The second kappa shape index (κ2) is 5.94. The fourth-order valence-electron chi connectivity index (χ4n) is 1.49. The Bertz CT molecular complexity index is 644. The minimum atomic E-state index is -0.429. The van der Waals surface area contributed by atoms with Gasteiger partial charge in [-0.3, -0.25) is 4.79 Å². The Kier molecular flexibility index (Phi) is 4.26. The molecule has 0 aliphatic carbocycles. The lowest BCUT2D eigenvalue weighted by Gasteiger charge is -2.09. The highest BCUT2D eigenvalue weighted by molar-refractivity contribution is 6.38. The number of benzene rings is 1. The number of rotatable bonds is 3. The third-order valence-electron chi connectivity index (χ3n) is 2.49. The first kappa shape index (κ1) is 14.4. The fourth-order valence-corrected chi connectivity index (χ4v) is 1.89. The largest absolute Gasteiger partial charge is 0.495 e. The number of aromatic nitrogens is 2. The Balaban J connectivity index is 2.29. The number of nitrogen functional groups attached to an aromatic ring is 1. The first-order chi connectivity index (χ1) is 9.52. The lowest BCUT2D eigenvalue weighted by molar-refractivity contribution is 0.102. The van der Waals surface area contributed by atoms with Crippen molar-refractivity contribution in [2.75, 3.05) is 18.2 Å². The maximum atomic E-state index is 12.1. The van der Waals surface area contributed by atoms with E-state index in [2.05, 4.69) is 15.3 Å². The highest BCUT2D eigenvalue weighted by Crippen LogP contribution is 2.27. The lowest BCUT2D eigenvalue weighted by atomic mass is 10.1. The second-order valence-electron chi connectivity index (χ2n) is 3.74. The number of carbonyl (C=O) groups excluding carboxylic acids is 1. The molecule has 1 heterocycles. The average Bonchev–Trinajstić information content (AvgIpc) is 2.43. The molecule has 20 heavy (non-hydrogen) atoms. The third kappa shape index (κ3) is 2.92. The van der Waals surface area contributed by atoms with E-state index >= 15 is 0 Å². The molecule has 6 nitrogen and oxygen atoms in total. The SMILES string of the molecule is COc1cc(C(=O)Nc2c(Cl)ncnc2Cl)ccc1N. The van der Waals surface area contributed by atoms with Gasteiger partial charge in [-0.15, -0.1) is 0 Å². The summed E-state index contributed by atoms with van der Waals surface area (Å²) < 4.78 is 5.05. The summed E-state index contributed by atoms with van der Waals surface area (Å²) in [6.45, 7) is 0. The van der Waals surface area contributed by atoms with Crippen LogP contribution in [0.15, 0.2) is 24.5 Å². The molecule has 0 spiro atoms. The molecule has 0 saturated carbocycles. The zero-order chi connectivity index (χ0) is 14.7. The molecule has 8 heteroatoms. The van der Waals surface area contributed by atoms with Crippen molar-refractivity contribution in [1.82, 2.24) is 9.97 Å². The molecule has 0 atom stereocenters. The van der Waals surface area contributed by atoms with Gasteiger partial charge >= 0.3 is 0 Å². The summed E-state index contributed by atoms with van der Waals surface area (Å²) in [6, 6.07) is 4.63. The first-order valence-corrected chi connectivity index (χ1v) is 6.19. The van der Waals surface area contributed by atoms with Gasteiger partial charge in [0, 0.05) is 5.56 Å². The number of amides is 1. The molecular formula is C12H10Cl2N4O2. The minimum absolute atomic E-state index is 0.0563. The highest BCUT2D eigenvalue weighted by Gasteiger charge is 2.14. The van der Waals surface area contributed by atoms with Gasteiger partial charge in [0.2, 0.25) is 0 Å². The summed E-state index contributed by atoms with van der Waals surface area (Å²) in [5.74, 6) is -0.0268. The van der Waals surface area contributed by atoms with Gasteiger partial charge in [0.25, 0.3) is 5.91 Å². The summed E-state index contributed by atoms with van der Waals surface area (Å²) in [5, 5.41) is 2.65. The molecule has 0 saturated heterocycles. The van der Waals surface area contributed by atoms with E-state index in [0.29, 0.717) is 17.0 Å². The number of nitrogens with zero attached hydrogens (tertiary/aromatic N) is 2. The molecule has 2 aromatic rings. The summed E-state index contributed by atoms with van der Waals surface area (Å²) >= 11 is 11.7. The summed E-state index contributed by atoms with van der Waals surface area (Å²) in [4.78, 5) is 19.6. The van der Waals surface area contributed by atoms with Crippen LogP contribution in [-0.4, -0.2) is 23.0 Å². The number of nitrogens with one attached hydrogen (secondary N) is 1. The standard InChI is InChI=1S/C12H10Cl2N4O2/c1-20-8-4-6(2-3-7(8)15)12(19)18-9-10(13)16-5-17-11(9)14/h2-5H,15H2,1H3,(H,18,19). The molecule has 2 rings (SSSR count). The molecule has 0 aliphatic heterocycles. The van der Waals surface area contributed by atoms with Crippen molar-refractivity contribution < 1.29 is 9.53 Å². The smallest absolute Gasteiger partial charge is 0.255 e. The van der Waals surface area contributed by atoms with Crippen molar-refractivity contribution in [2.45, 2.75) is 0 Å². The van der Waals surface area contributed by atoms with Crippen molar-refractivity contribution in [1.29, 1.82) is 0 Å². The van der Waals surface area contributed by atoms with E-state index in [1.165, 1.54) is 19.5 Å². The van der Waals surface area contributed by atoms with E-state index in [-0.39, 0.29) is 16.0 Å². The van der Waals surface area contributed by atoms with E-state index in [1.54, 1.807) is 12.1 Å². The van der Waals surface area contributed by atoms with E-state index in [4.69, 9.17) is 33.7 Å². The van der Waals surface area contributed by atoms with Crippen LogP contribution < -0.4 is 15.8 Å². The van der Waals surface area contributed by atoms with Crippen LogP contribution in [0.4, 0.5) is 11.4 Å². The zero-order valence-corrected chi connectivity index (χ0v) is 11.9. The van der Waals surface area contributed by atoms with E-state index < -0.39 is 5.91 Å². The number of nitrogens with two attached hydrogens (primary N) is 1. The maximum Gasteiger partial charge on any atom is 0.255 e. The Labute approximate surface area is 124 Å². The van der Waals surface area contributed by atoms with Crippen LogP contribution >= 0.6 is 23.2 Å². The Morgan fingerprint density at radius 3 is 2.55 bits per heavy atom. The lowest BCUT2D eigenvalue weighted by Crippen LogP contribution is -2.13. The van der Waals surface area contributed by atoms with Gasteiger partial charge < -0.3 is 15.8 Å². The van der Waals surface area contributed by atoms with E-state index in [9.17, 15) is 4.79 Å². The van der Waals surface area contributed by atoms with Crippen molar-refractivity contribution in [2.24, 2.45) is 0 Å². The minimum Gasteiger partial charge on any atom is -0.495 e. The quantitative estimate of drug-likeness (QED) is 0.671. The number of hydrogen-bond acceptors (Lipinski definition) is 5. The van der Waals surface area contributed by atoms with Gasteiger partial charge in [-0.1, -0.05) is 23.2 Å². The molecular weight excluding hydrogens is 303 g/mol. The molecule has 104 valence electrons. The third-order valence-corrected chi connectivity index (χ3v) is 3.06. The molecule has 0 fully saturated rings. The Morgan fingerprint density at radius 2 is 1.95 bits per heavy atom. The van der Waals surface area contributed by atoms with Crippen LogP contribution in [0, 0.1) is 0 Å². The maximum absolute atomic E-state index is 12.1. The van der Waals surface area contributed by atoms with Gasteiger partial charge in [0.1, 0.15) is 17.8 Å². The molecule has 0 aliphatic rings. The Morgan fingerprint density at radius 1 is 1.30 bits per heavy atom. The van der Waals surface area contributed by atoms with Crippen LogP contribution in [-0.2, 0) is 0 Å². The van der Waals surface area contributed by atoms with E-state index in [1.807, 2.05) is 0 Å². The summed E-state index contributed by atoms with van der Waals surface area (Å²) in [5.41, 5.74) is 6.60. The molecule has 0 bridgehead atoms. The van der Waals surface area contributed by atoms with Crippen LogP contribution in [0.2, 0.25) is 10.3 Å². The Hall–Kier alpha value is -2.05. The average molecular weight is 313 g/mol. The first-order valence-electron chi connectivity index (χ1n) is 5.43. The zero-order valence-electron chi connectivity index (χ0n) is 10.4. The number of carbonyl (C=O) groups is 1. The van der Waals surface area contributed by atoms with Crippen molar-refractivity contribution >= 4 is 40.5 Å². The predicted molar refractivity (Wildman–Crippen MR) is 77.4 cm³/mol. The van der Waals surface area contributed by atoms with Crippen LogP contribution in [0.1, 0.15) is 10.4 Å². The van der Waals surface area contributed by atoms with Gasteiger partial charge in [0.05, 0.1) is 12.8 Å². The highest BCUT2D eigenvalue weighted by atomic mass is 35.5. The summed E-state index contributed by atoms with van der Waals surface area (Å²) in [6.07, 6.45) is 1.20. The molecule has 1 aromatic carbocycles. The normalized spacial score (nSPS) is 10.2. The molecule has 1 aromatic heterocycles. The number of hydrogen-bond donors (Lipinski definition) is 2. The monoisotopic (exact) mass is 312 g/mol. The van der Waals surface area contributed by atoms with Crippen LogP contribution in [0.5, 0.6) is 5.75 Å². The number of ether oxygens (including phenoxy) is 1. The topological polar surface area (TPSA) is 90.1 Å². The number of methoxy groups -OCH3 is 1. The van der Waals surface area contributed by atoms with Crippen LogP contribution in [0.25, 0.3) is 0 Å². The fraction of sp³-hybridized carbons (Fsp3) is 0.0833. The van der Waals surface area contributed by atoms with E-state index in [0.717, 1.165) is 0 Å². The predicted octanol–water partition coefficient (Wildman–Crippen LogP) is 2.63. The molecule has 1 amide bonds. The second-order valence-corrected chi connectivity index (χ2v) is 4.46.